The van der Waals surface area contributed by atoms with E-state index in [1.807, 2.05) is 18.4 Å². The van der Waals surface area contributed by atoms with Gasteiger partial charge >= 0.3 is 0 Å². The van der Waals surface area contributed by atoms with E-state index in [9.17, 15) is 4.79 Å². The Morgan fingerprint density at radius 3 is 2.55 bits per heavy atom. The van der Waals surface area contributed by atoms with Gasteiger partial charge in [-0.2, -0.15) is 0 Å². The first-order valence-electron chi connectivity index (χ1n) is 3.65. The van der Waals surface area contributed by atoms with Crippen molar-refractivity contribution >= 4 is 5.78 Å². The fourth-order valence-electron chi connectivity index (χ4n) is 0.801. The summed E-state index contributed by atoms with van der Waals surface area (Å²) in [7, 11) is 0. The van der Waals surface area contributed by atoms with Crippen LogP contribution < -0.4 is 0 Å². The third-order valence-electron chi connectivity index (χ3n) is 1.56. The second kappa shape index (κ2) is 2.86. The van der Waals surface area contributed by atoms with Crippen LogP contribution in [0.1, 0.15) is 37.3 Å². The number of rotatable bonds is 2. The van der Waals surface area contributed by atoms with Crippen molar-refractivity contribution in [2.45, 2.75) is 26.8 Å². The fourth-order valence-corrected chi connectivity index (χ4v) is 0.801. The molecule has 0 aliphatic carbocycles. The van der Waals surface area contributed by atoms with E-state index in [0.717, 1.165) is 0 Å². The number of ketones is 1. The maximum atomic E-state index is 10.8. The Labute approximate surface area is 66.1 Å². The van der Waals surface area contributed by atoms with Gasteiger partial charge in [0.1, 0.15) is 5.69 Å². The van der Waals surface area contributed by atoms with Gasteiger partial charge in [-0.1, -0.05) is 0 Å². The number of imidazole rings is 1. The summed E-state index contributed by atoms with van der Waals surface area (Å²) in [6, 6.07) is 0.371. The van der Waals surface area contributed by atoms with Gasteiger partial charge in [-0.3, -0.25) is 4.79 Å². The zero-order valence-electron chi connectivity index (χ0n) is 7.03. The van der Waals surface area contributed by atoms with E-state index in [2.05, 4.69) is 4.98 Å². The van der Waals surface area contributed by atoms with E-state index < -0.39 is 0 Å². The van der Waals surface area contributed by atoms with Gasteiger partial charge in [0.15, 0.2) is 5.78 Å². The van der Waals surface area contributed by atoms with E-state index in [1.54, 1.807) is 12.5 Å². The Kier molecular flexibility index (Phi) is 2.08. The first-order valence-corrected chi connectivity index (χ1v) is 3.65. The lowest BCUT2D eigenvalue weighted by Gasteiger charge is -2.03. The fraction of sp³-hybridized carbons (Fsp3) is 0.500. The summed E-state index contributed by atoms with van der Waals surface area (Å²) in [4.78, 5) is 14.8. The minimum absolute atomic E-state index is 0.0180. The van der Waals surface area contributed by atoms with Crippen LogP contribution in [0.15, 0.2) is 12.5 Å². The van der Waals surface area contributed by atoms with Gasteiger partial charge < -0.3 is 4.57 Å². The van der Waals surface area contributed by atoms with Crippen LogP contribution in [-0.2, 0) is 0 Å². The topological polar surface area (TPSA) is 34.9 Å². The highest BCUT2D eigenvalue weighted by Gasteiger charge is 2.04. The van der Waals surface area contributed by atoms with Crippen molar-refractivity contribution in [1.29, 1.82) is 0 Å². The van der Waals surface area contributed by atoms with Crippen molar-refractivity contribution in [2.75, 3.05) is 0 Å². The normalized spacial score (nSPS) is 10.5. The molecule has 0 aromatic carbocycles. The molecule has 1 heterocycles. The number of hydrogen-bond acceptors (Lipinski definition) is 2. The lowest BCUT2D eigenvalue weighted by atomic mass is 10.3. The van der Waals surface area contributed by atoms with Crippen LogP contribution >= 0.6 is 0 Å². The average molecular weight is 152 g/mol. The van der Waals surface area contributed by atoms with E-state index in [0.29, 0.717) is 11.7 Å². The summed E-state index contributed by atoms with van der Waals surface area (Å²) in [5.74, 6) is 0.0180. The molecule has 0 amide bonds. The van der Waals surface area contributed by atoms with E-state index >= 15 is 0 Å². The molecule has 0 saturated carbocycles. The SMILES string of the molecule is CC(=O)c1cn(C(C)C)cn1. The molecule has 3 nitrogen and oxygen atoms in total. The lowest BCUT2D eigenvalue weighted by molar-refractivity contribution is 0.101. The van der Waals surface area contributed by atoms with Crippen molar-refractivity contribution in [2.24, 2.45) is 0 Å². The molecule has 0 atom stereocenters. The average Bonchev–Trinajstić information content (AvgIpc) is 2.33. The molecule has 0 N–H and O–H groups in total. The molecular weight excluding hydrogens is 140 g/mol. The van der Waals surface area contributed by atoms with Gasteiger partial charge in [-0.15, -0.1) is 0 Å². The van der Waals surface area contributed by atoms with Gasteiger partial charge in [0.05, 0.1) is 6.33 Å². The van der Waals surface area contributed by atoms with Crippen LogP contribution in [0.2, 0.25) is 0 Å². The van der Waals surface area contributed by atoms with Gasteiger partial charge in [-0.05, 0) is 13.8 Å². The molecule has 60 valence electrons. The van der Waals surface area contributed by atoms with Crippen LogP contribution in [0.4, 0.5) is 0 Å². The third-order valence-corrected chi connectivity index (χ3v) is 1.56. The highest BCUT2D eigenvalue weighted by molar-refractivity contribution is 5.91. The molecule has 0 unspecified atom stereocenters. The van der Waals surface area contributed by atoms with Gasteiger partial charge in [0.25, 0.3) is 0 Å². The van der Waals surface area contributed by atoms with Crippen molar-refractivity contribution in [1.82, 2.24) is 9.55 Å². The molecule has 0 radical (unpaired) electrons. The van der Waals surface area contributed by atoms with Crippen LogP contribution in [-0.4, -0.2) is 15.3 Å². The molecule has 1 aromatic heterocycles. The van der Waals surface area contributed by atoms with E-state index in [-0.39, 0.29) is 5.78 Å². The van der Waals surface area contributed by atoms with Gasteiger partial charge in [0, 0.05) is 19.2 Å². The Morgan fingerprint density at radius 2 is 2.27 bits per heavy atom. The van der Waals surface area contributed by atoms with Crippen molar-refractivity contribution in [3.05, 3.63) is 18.2 Å². The Hall–Kier alpha value is -1.12. The highest BCUT2D eigenvalue weighted by atomic mass is 16.1. The summed E-state index contributed by atoms with van der Waals surface area (Å²) in [6.45, 7) is 5.62. The number of carbonyl (C=O) groups is 1. The van der Waals surface area contributed by atoms with E-state index in [4.69, 9.17) is 0 Å². The van der Waals surface area contributed by atoms with Crippen molar-refractivity contribution < 1.29 is 4.79 Å². The second-order valence-corrected chi connectivity index (χ2v) is 2.86. The van der Waals surface area contributed by atoms with Crippen LogP contribution in [0.5, 0.6) is 0 Å². The predicted molar refractivity (Wildman–Crippen MR) is 42.6 cm³/mol. The van der Waals surface area contributed by atoms with Crippen molar-refractivity contribution in [3.63, 3.8) is 0 Å². The zero-order chi connectivity index (χ0) is 8.43. The Balaban J connectivity index is 2.90. The summed E-state index contributed by atoms with van der Waals surface area (Å²) in [5, 5.41) is 0. The molecule has 0 fully saturated rings. The number of carbonyl (C=O) groups excluding carboxylic acids is 1. The Morgan fingerprint density at radius 1 is 1.64 bits per heavy atom. The first-order chi connectivity index (χ1) is 5.11. The minimum Gasteiger partial charge on any atom is -0.334 e. The second-order valence-electron chi connectivity index (χ2n) is 2.86. The molecule has 0 spiro atoms. The molecule has 1 rings (SSSR count). The molecule has 0 saturated heterocycles. The lowest BCUT2D eigenvalue weighted by Crippen LogP contribution is -1.96. The van der Waals surface area contributed by atoms with Gasteiger partial charge in [-0.25, -0.2) is 4.98 Å². The standard InChI is InChI=1S/C8H12N2O/c1-6(2)10-4-8(7(3)11)9-5-10/h4-6H,1-3H3. The summed E-state index contributed by atoms with van der Waals surface area (Å²) >= 11 is 0. The monoisotopic (exact) mass is 152 g/mol. The number of hydrogen-bond donors (Lipinski definition) is 0. The zero-order valence-corrected chi connectivity index (χ0v) is 7.03. The maximum Gasteiger partial charge on any atom is 0.179 e. The molecule has 0 bridgehead atoms. The maximum absolute atomic E-state index is 10.8. The van der Waals surface area contributed by atoms with Gasteiger partial charge in [0.2, 0.25) is 0 Å². The highest BCUT2D eigenvalue weighted by Crippen LogP contribution is 2.05. The number of aromatic nitrogens is 2. The number of Topliss-reactive ketones (excluding diaryl/α,β-unsaturated/α-hetero) is 1. The molecule has 11 heavy (non-hydrogen) atoms. The summed E-state index contributed by atoms with van der Waals surface area (Å²) in [5.41, 5.74) is 0.540. The number of nitrogens with zero attached hydrogens (tertiary/aromatic N) is 2. The van der Waals surface area contributed by atoms with Crippen LogP contribution in [0.25, 0.3) is 0 Å². The molecular formula is C8H12N2O. The predicted octanol–water partition coefficient (Wildman–Crippen LogP) is 1.67. The molecule has 1 aromatic rings. The summed E-state index contributed by atoms with van der Waals surface area (Å²) < 4.78 is 1.91. The molecule has 0 aliphatic heterocycles. The van der Waals surface area contributed by atoms with Crippen molar-refractivity contribution in [3.8, 4) is 0 Å². The van der Waals surface area contributed by atoms with Crippen LogP contribution in [0, 0.1) is 0 Å². The molecule has 0 aliphatic rings. The molecule has 3 heteroatoms. The summed E-state index contributed by atoms with van der Waals surface area (Å²) in [6.07, 6.45) is 3.45. The minimum atomic E-state index is 0.0180. The van der Waals surface area contributed by atoms with E-state index in [1.165, 1.54) is 6.92 Å². The quantitative estimate of drug-likeness (QED) is 0.604. The van der Waals surface area contributed by atoms with Crippen LogP contribution in [0.3, 0.4) is 0 Å². The first kappa shape index (κ1) is 7.98. The smallest absolute Gasteiger partial charge is 0.179 e. The Bertz CT molecular complexity index is 263. The third kappa shape index (κ3) is 1.67. The largest absolute Gasteiger partial charge is 0.334 e.